The average molecular weight is 255 g/mol. The Hall–Kier alpha value is -1.62. The van der Waals surface area contributed by atoms with Gasteiger partial charge in [0.1, 0.15) is 0 Å². The minimum atomic E-state index is -0.455. The lowest BCUT2D eigenvalue weighted by Gasteiger charge is -2.20. The van der Waals surface area contributed by atoms with Crippen LogP contribution in [0.3, 0.4) is 0 Å². The molecule has 0 aliphatic carbocycles. The second-order valence-corrected chi connectivity index (χ2v) is 4.09. The Morgan fingerprint density at radius 3 is 1.83 bits per heavy atom. The van der Waals surface area contributed by atoms with E-state index >= 15 is 0 Å². The van der Waals surface area contributed by atoms with Crippen molar-refractivity contribution in [2.75, 3.05) is 26.6 Å². The normalized spacial score (nSPS) is 13.7. The van der Waals surface area contributed by atoms with Crippen LogP contribution in [0.1, 0.15) is 13.8 Å². The first-order chi connectivity index (χ1) is 8.53. The fourth-order valence-corrected chi connectivity index (χ4v) is 1.55. The van der Waals surface area contributed by atoms with Crippen molar-refractivity contribution in [2.45, 2.75) is 26.0 Å². The van der Waals surface area contributed by atoms with Crippen molar-refractivity contribution in [3.63, 3.8) is 0 Å². The van der Waals surface area contributed by atoms with Gasteiger partial charge in [0.05, 0.1) is 27.4 Å². The zero-order valence-electron chi connectivity index (χ0n) is 11.5. The summed E-state index contributed by atoms with van der Waals surface area (Å²) < 4.78 is 15.7. The molecule has 0 fully saturated rings. The van der Waals surface area contributed by atoms with Gasteiger partial charge >= 0.3 is 0 Å². The number of methoxy groups -OCH3 is 3. The largest absolute Gasteiger partial charge is 0.493 e. The van der Waals surface area contributed by atoms with Crippen molar-refractivity contribution in [3.05, 3.63) is 12.1 Å². The molecule has 0 aliphatic rings. The Morgan fingerprint density at radius 2 is 1.50 bits per heavy atom. The van der Waals surface area contributed by atoms with Crippen LogP contribution in [0.5, 0.6) is 17.2 Å². The highest BCUT2D eigenvalue weighted by molar-refractivity contribution is 5.62. The van der Waals surface area contributed by atoms with Crippen LogP contribution in [0.4, 0.5) is 5.69 Å². The van der Waals surface area contributed by atoms with Gasteiger partial charge in [0.25, 0.3) is 0 Å². The Kier molecular flexibility index (Phi) is 5.09. The van der Waals surface area contributed by atoms with Crippen molar-refractivity contribution >= 4 is 5.69 Å². The lowest BCUT2D eigenvalue weighted by atomic mass is 10.2. The second-order valence-electron chi connectivity index (χ2n) is 4.09. The molecule has 0 aliphatic heterocycles. The molecule has 0 heterocycles. The lowest BCUT2D eigenvalue weighted by Crippen LogP contribution is -2.27. The average Bonchev–Trinajstić information content (AvgIpc) is 2.37. The minimum Gasteiger partial charge on any atom is -0.493 e. The van der Waals surface area contributed by atoms with Crippen LogP contribution < -0.4 is 19.5 Å². The van der Waals surface area contributed by atoms with Crippen molar-refractivity contribution < 1.29 is 19.3 Å². The first-order valence-corrected chi connectivity index (χ1v) is 5.78. The highest BCUT2D eigenvalue weighted by atomic mass is 16.5. The Balaban J connectivity index is 3.07. The molecular weight excluding hydrogens is 234 g/mol. The van der Waals surface area contributed by atoms with Crippen molar-refractivity contribution in [3.8, 4) is 17.2 Å². The van der Waals surface area contributed by atoms with E-state index in [1.165, 1.54) is 0 Å². The minimum absolute atomic E-state index is 0.0761. The quantitative estimate of drug-likeness (QED) is 0.813. The number of nitrogens with one attached hydrogen (secondary N) is 1. The lowest BCUT2D eigenvalue weighted by molar-refractivity contribution is 0.178. The number of hydrogen-bond donors (Lipinski definition) is 2. The summed E-state index contributed by atoms with van der Waals surface area (Å²) in [5.41, 5.74) is 0.804. The van der Waals surface area contributed by atoms with Crippen LogP contribution in [0.15, 0.2) is 12.1 Å². The van der Waals surface area contributed by atoms with Crippen molar-refractivity contribution in [2.24, 2.45) is 0 Å². The van der Waals surface area contributed by atoms with Crippen LogP contribution in [-0.2, 0) is 0 Å². The van der Waals surface area contributed by atoms with E-state index in [0.29, 0.717) is 17.2 Å². The summed E-state index contributed by atoms with van der Waals surface area (Å²) in [6, 6.07) is 3.54. The molecule has 1 aromatic rings. The highest BCUT2D eigenvalue weighted by Gasteiger charge is 2.15. The Morgan fingerprint density at radius 1 is 1.00 bits per heavy atom. The number of rotatable bonds is 6. The number of aliphatic hydroxyl groups is 1. The van der Waals surface area contributed by atoms with Gasteiger partial charge in [0.2, 0.25) is 5.75 Å². The molecule has 102 valence electrons. The van der Waals surface area contributed by atoms with E-state index in [2.05, 4.69) is 5.32 Å². The summed E-state index contributed by atoms with van der Waals surface area (Å²) in [6.07, 6.45) is -0.455. The summed E-state index contributed by atoms with van der Waals surface area (Å²) in [7, 11) is 4.70. The fourth-order valence-electron chi connectivity index (χ4n) is 1.55. The van der Waals surface area contributed by atoms with Gasteiger partial charge in [-0.1, -0.05) is 0 Å². The number of hydrogen-bond acceptors (Lipinski definition) is 5. The molecule has 0 radical (unpaired) electrons. The molecule has 2 atom stereocenters. The third-order valence-corrected chi connectivity index (χ3v) is 2.78. The zero-order valence-corrected chi connectivity index (χ0v) is 11.5. The molecule has 0 bridgehead atoms. The predicted molar refractivity (Wildman–Crippen MR) is 70.9 cm³/mol. The van der Waals surface area contributed by atoms with E-state index in [-0.39, 0.29) is 6.04 Å². The maximum absolute atomic E-state index is 9.49. The molecule has 2 N–H and O–H groups in total. The number of anilines is 1. The maximum Gasteiger partial charge on any atom is 0.203 e. The van der Waals surface area contributed by atoms with Gasteiger partial charge in [0.15, 0.2) is 11.5 Å². The van der Waals surface area contributed by atoms with Gasteiger partial charge in [-0.15, -0.1) is 0 Å². The van der Waals surface area contributed by atoms with Gasteiger partial charge in [-0.05, 0) is 13.8 Å². The molecule has 0 aromatic heterocycles. The van der Waals surface area contributed by atoms with E-state index in [0.717, 1.165) is 5.69 Å². The highest BCUT2D eigenvalue weighted by Crippen LogP contribution is 2.40. The van der Waals surface area contributed by atoms with E-state index in [1.807, 2.05) is 6.92 Å². The molecule has 0 saturated heterocycles. The predicted octanol–water partition coefficient (Wildman–Crippen LogP) is 1.89. The molecule has 5 heteroatoms. The van der Waals surface area contributed by atoms with Crippen LogP contribution in [-0.4, -0.2) is 38.6 Å². The third-order valence-electron chi connectivity index (χ3n) is 2.78. The topological polar surface area (TPSA) is 60.0 Å². The van der Waals surface area contributed by atoms with Gasteiger partial charge in [-0.25, -0.2) is 0 Å². The molecule has 0 spiro atoms. The van der Waals surface area contributed by atoms with Crippen LogP contribution >= 0.6 is 0 Å². The second kappa shape index (κ2) is 6.35. The van der Waals surface area contributed by atoms with Crippen LogP contribution in [0.25, 0.3) is 0 Å². The monoisotopic (exact) mass is 255 g/mol. The van der Waals surface area contributed by atoms with E-state index in [4.69, 9.17) is 14.2 Å². The first kappa shape index (κ1) is 14.4. The van der Waals surface area contributed by atoms with E-state index in [9.17, 15) is 5.11 Å². The zero-order chi connectivity index (χ0) is 13.7. The molecule has 5 nitrogen and oxygen atoms in total. The van der Waals surface area contributed by atoms with E-state index < -0.39 is 6.10 Å². The number of aliphatic hydroxyl groups excluding tert-OH is 1. The summed E-state index contributed by atoms with van der Waals surface area (Å²) in [5.74, 6) is 1.71. The summed E-state index contributed by atoms with van der Waals surface area (Å²) in [6.45, 7) is 3.63. The van der Waals surface area contributed by atoms with Gasteiger partial charge < -0.3 is 24.6 Å². The molecule has 1 rings (SSSR count). The SMILES string of the molecule is COc1cc(NC(C)C(C)O)cc(OC)c1OC. The molecule has 1 aromatic carbocycles. The standard InChI is InChI=1S/C13H21NO4/c1-8(9(2)15)14-10-6-11(16-3)13(18-5)12(7-10)17-4/h6-9,14-15H,1-5H3. The third kappa shape index (κ3) is 3.20. The smallest absolute Gasteiger partial charge is 0.203 e. The van der Waals surface area contributed by atoms with Crippen LogP contribution in [0, 0.1) is 0 Å². The van der Waals surface area contributed by atoms with E-state index in [1.54, 1.807) is 40.4 Å². The van der Waals surface area contributed by atoms with Gasteiger partial charge in [0, 0.05) is 23.9 Å². The summed E-state index contributed by atoms with van der Waals surface area (Å²) >= 11 is 0. The Bertz CT molecular complexity index is 368. The van der Waals surface area contributed by atoms with Crippen molar-refractivity contribution in [1.82, 2.24) is 0 Å². The maximum atomic E-state index is 9.49. The molecule has 18 heavy (non-hydrogen) atoms. The molecule has 0 saturated carbocycles. The molecular formula is C13H21NO4. The van der Waals surface area contributed by atoms with Crippen molar-refractivity contribution in [1.29, 1.82) is 0 Å². The van der Waals surface area contributed by atoms with Gasteiger partial charge in [-0.2, -0.15) is 0 Å². The summed E-state index contributed by atoms with van der Waals surface area (Å²) in [5, 5.41) is 12.7. The van der Waals surface area contributed by atoms with Crippen LogP contribution in [0.2, 0.25) is 0 Å². The Labute approximate surface area is 108 Å². The fraction of sp³-hybridized carbons (Fsp3) is 0.538. The molecule has 0 amide bonds. The summed E-state index contributed by atoms with van der Waals surface area (Å²) in [4.78, 5) is 0. The number of ether oxygens (including phenoxy) is 3. The van der Waals surface area contributed by atoms with Gasteiger partial charge in [-0.3, -0.25) is 0 Å². The molecule has 2 unspecified atom stereocenters. The first-order valence-electron chi connectivity index (χ1n) is 5.78. The number of benzene rings is 1.